The number of methoxy groups -OCH3 is 2. The van der Waals surface area contributed by atoms with Gasteiger partial charge >= 0.3 is 5.97 Å². The fraction of sp³-hybridized carbons (Fsp3) is 0.276. The Bertz CT molecular complexity index is 1830. The van der Waals surface area contributed by atoms with Crippen LogP contribution in [-0.4, -0.2) is 41.3 Å². The van der Waals surface area contributed by atoms with Gasteiger partial charge in [0.1, 0.15) is 5.76 Å². The molecular weight excluding hydrogens is 564 g/mol. The summed E-state index contributed by atoms with van der Waals surface area (Å²) in [6, 6.07) is 10.0. The highest BCUT2D eigenvalue weighted by atomic mass is 32.2. The lowest BCUT2D eigenvalue weighted by molar-refractivity contribution is -0.139. The predicted molar refractivity (Wildman–Crippen MR) is 154 cm³/mol. The number of fused-ring (bicyclic) bond motifs is 1. The van der Waals surface area contributed by atoms with Crippen molar-refractivity contribution >= 4 is 35.1 Å². The number of rotatable bonds is 8. The first-order valence-corrected chi connectivity index (χ1v) is 14.4. The number of aromatic nitrogens is 3. The van der Waals surface area contributed by atoms with Crippen LogP contribution in [0, 0.1) is 13.8 Å². The Hall–Kier alpha value is -4.16. The highest BCUT2D eigenvalue weighted by Crippen LogP contribution is 2.36. The molecule has 212 valence electrons. The van der Waals surface area contributed by atoms with Crippen LogP contribution >= 0.6 is 23.1 Å². The zero-order valence-electron chi connectivity index (χ0n) is 23.4. The maximum Gasteiger partial charge on any atom is 0.338 e. The summed E-state index contributed by atoms with van der Waals surface area (Å²) in [5, 5.41) is 1.18. The summed E-state index contributed by atoms with van der Waals surface area (Å²) in [5.41, 5.74) is 2.83. The van der Waals surface area contributed by atoms with Crippen molar-refractivity contribution < 1.29 is 23.4 Å². The third kappa shape index (κ3) is 5.70. The number of thiazole rings is 1. The van der Waals surface area contributed by atoms with Gasteiger partial charge in [-0.15, -0.1) is 0 Å². The summed E-state index contributed by atoms with van der Waals surface area (Å²) in [6.07, 6.45) is 1.67. The third-order valence-corrected chi connectivity index (χ3v) is 8.04. The molecule has 0 saturated heterocycles. The van der Waals surface area contributed by atoms with E-state index < -0.39 is 12.0 Å². The van der Waals surface area contributed by atoms with Crippen LogP contribution in [0.25, 0.3) is 6.08 Å². The number of ether oxygens (including phenoxy) is 3. The van der Waals surface area contributed by atoms with Gasteiger partial charge in [0.05, 0.1) is 42.7 Å². The molecule has 0 unspecified atom stereocenters. The van der Waals surface area contributed by atoms with Crippen molar-refractivity contribution in [3.63, 3.8) is 0 Å². The molecular formula is C29H28N4O6S2. The van der Waals surface area contributed by atoms with Crippen LogP contribution in [0.15, 0.2) is 72.1 Å². The standard InChI is InChI=1S/C29H28N4O6S2/c1-7-38-27(35)24-17(4)32-29-33(25(24)18-8-10-20(36-5)21(13-18)37-6)26(34)22(40-29)14-19-9-11-23(39-19)41-28-30-15(2)12-16(3)31-28/h8-14,25H,7H2,1-6H3/b22-14+/t25-/m1/s1. The number of hydrogen-bond donors (Lipinski definition) is 0. The molecule has 12 heteroatoms. The average molecular weight is 593 g/mol. The summed E-state index contributed by atoms with van der Waals surface area (Å²) < 4.78 is 24.2. The van der Waals surface area contributed by atoms with Crippen LogP contribution < -0.4 is 24.4 Å². The Morgan fingerprint density at radius 1 is 1.07 bits per heavy atom. The van der Waals surface area contributed by atoms with E-state index in [0.29, 0.717) is 48.1 Å². The minimum Gasteiger partial charge on any atom is -0.493 e. The summed E-state index contributed by atoms with van der Waals surface area (Å²) in [6.45, 7) is 7.48. The van der Waals surface area contributed by atoms with Gasteiger partial charge in [-0.05, 0) is 75.4 Å². The molecule has 0 aliphatic carbocycles. The van der Waals surface area contributed by atoms with Gasteiger partial charge in [0, 0.05) is 17.5 Å². The van der Waals surface area contributed by atoms with Gasteiger partial charge in [-0.25, -0.2) is 19.8 Å². The average Bonchev–Trinajstić information content (AvgIpc) is 3.50. The van der Waals surface area contributed by atoms with Crippen molar-refractivity contribution in [2.24, 2.45) is 4.99 Å². The molecule has 0 radical (unpaired) electrons. The quantitative estimate of drug-likeness (QED) is 0.221. The van der Waals surface area contributed by atoms with Crippen molar-refractivity contribution in [3.05, 3.63) is 90.1 Å². The summed E-state index contributed by atoms with van der Waals surface area (Å²) in [4.78, 5) is 41.0. The molecule has 0 spiro atoms. The second-order valence-corrected chi connectivity index (χ2v) is 11.1. The van der Waals surface area contributed by atoms with Gasteiger partial charge in [-0.1, -0.05) is 17.4 Å². The molecule has 0 N–H and O–H groups in total. The number of nitrogens with zero attached hydrogens (tertiary/aromatic N) is 4. The van der Waals surface area contributed by atoms with Crippen LogP contribution in [0.3, 0.4) is 0 Å². The molecule has 1 atom stereocenters. The maximum atomic E-state index is 13.9. The Morgan fingerprint density at radius 2 is 1.80 bits per heavy atom. The SMILES string of the molecule is CCOC(=O)C1=C(C)N=c2s/c(=C/c3ccc(Sc4nc(C)cc(C)n4)o3)c(=O)n2[C@@H]1c1ccc(OC)c(OC)c1. The maximum absolute atomic E-state index is 13.9. The molecule has 1 aliphatic rings. The van der Waals surface area contributed by atoms with Crippen LogP contribution in [0.2, 0.25) is 0 Å². The van der Waals surface area contributed by atoms with Gasteiger partial charge in [0.25, 0.3) is 5.56 Å². The normalized spacial score (nSPS) is 15.0. The fourth-order valence-electron chi connectivity index (χ4n) is 4.56. The highest BCUT2D eigenvalue weighted by Gasteiger charge is 2.34. The number of aryl methyl sites for hydroxylation is 2. The largest absolute Gasteiger partial charge is 0.493 e. The lowest BCUT2D eigenvalue weighted by atomic mass is 9.95. The first-order chi connectivity index (χ1) is 19.7. The van der Waals surface area contributed by atoms with Crippen LogP contribution in [0.1, 0.15) is 42.6 Å². The van der Waals surface area contributed by atoms with Crippen molar-refractivity contribution in [1.82, 2.24) is 14.5 Å². The number of esters is 1. The first kappa shape index (κ1) is 28.4. The summed E-state index contributed by atoms with van der Waals surface area (Å²) >= 11 is 2.52. The summed E-state index contributed by atoms with van der Waals surface area (Å²) in [7, 11) is 3.07. The molecule has 10 nitrogen and oxygen atoms in total. The Labute approximate surface area is 244 Å². The molecule has 4 heterocycles. The van der Waals surface area contributed by atoms with E-state index in [1.165, 1.54) is 34.8 Å². The molecule has 1 aliphatic heterocycles. The zero-order chi connectivity index (χ0) is 29.3. The zero-order valence-corrected chi connectivity index (χ0v) is 25.0. The van der Waals surface area contributed by atoms with Gasteiger partial charge in [0.2, 0.25) is 0 Å². The van der Waals surface area contributed by atoms with Gasteiger partial charge in [-0.3, -0.25) is 9.36 Å². The molecule has 3 aromatic heterocycles. The number of benzene rings is 1. The van der Waals surface area contributed by atoms with Crippen LogP contribution in [-0.2, 0) is 9.53 Å². The van der Waals surface area contributed by atoms with Crippen molar-refractivity contribution in [3.8, 4) is 11.5 Å². The molecule has 0 fully saturated rings. The molecule has 5 rings (SSSR count). The number of carbonyl (C=O) groups excluding carboxylic acids is 1. The van der Waals surface area contributed by atoms with E-state index in [2.05, 4.69) is 15.0 Å². The number of hydrogen-bond acceptors (Lipinski definition) is 11. The van der Waals surface area contributed by atoms with Crippen molar-refractivity contribution in [1.29, 1.82) is 0 Å². The molecule has 41 heavy (non-hydrogen) atoms. The Morgan fingerprint density at radius 3 is 2.49 bits per heavy atom. The predicted octanol–water partition coefficient (Wildman–Crippen LogP) is 3.97. The second kappa shape index (κ2) is 11.8. The number of allylic oxidation sites excluding steroid dienone is 1. The lowest BCUT2D eigenvalue weighted by Gasteiger charge is -2.25. The van der Waals surface area contributed by atoms with E-state index >= 15 is 0 Å². The fourth-order valence-corrected chi connectivity index (χ4v) is 6.41. The van der Waals surface area contributed by atoms with Crippen LogP contribution in [0.5, 0.6) is 11.5 Å². The van der Waals surface area contributed by atoms with Gasteiger partial charge in [0.15, 0.2) is 26.5 Å². The van der Waals surface area contributed by atoms with Crippen LogP contribution in [0.4, 0.5) is 0 Å². The minimum atomic E-state index is -0.781. The number of carbonyl (C=O) groups is 1. The third-order valence-electron chi connectivity index (χ3n) is 6.27. The van der Waals surface area contributed by atoms with E-state index in [4.69, 9.17) is 18.6 Å². The molecule has 0 amide bonds. The summed E-state index contributed by atoms with van der Waals surface area (Å²) in [5.74, 6) is 0.952. The molecule has 0 saturated carbocycles. The van der Waals surface area contributed by atoms with E-state index in [9.17, 15) is 9.59 Å². The van der Waals surface area contributed by atoms with E-state index in [1.54, 1.807) is 51.3 Å². The van der Waals surface area contributed by atoms with E-state index in [1.807, 2.05) is 26.0 Å². The van der Waals surface area contributed by atoms with Gasteiger partial charge in [-0.2, -0.15) is 0 Å². The van der Waals surface area contributed by atoms with E-state index in [-0.39, 0.29) is 17.7 Å². The topological polar surface area (TPSA) is 118 Å². The number of furan rings is 1. The molecule has 0 bridgehead atoms. The smallest absolute Gasteiger partial charge is 0.338 e. The van der Waals surface area contributed by atoms with Crippen molar-refractivity contribution in [2.45, 2.75) is 44.0 Å². The molecule has 4 aromatic rings. The highest BCUT2D eigenvalue weighted by molar-refractivity contribution is 7.99. The van der Waals surface area contributed by atoms with E-state index in [0.717, 1.165) is 11.4 Å². The monoisotopic (exact) mass is 592 g/mol. The van der Waals surface area contributed by atoms with Gasteiger partial charge < -0.3 is 18.6 Å². The van der Waals surface area contributed by atoms with Crippen molar-refractivity contribution in [2.75, 3.05) is 20.8 Å². The minimum absolute atomic E-state index is 0.185. The second-order valence-electron chi connectivity index (χ2n) is 9.11. The Kier molecular flexibility index (Phi) is 8.13. The lowest BCUT2D eigenvalue weighted by Crippen LogP contribution is -2.39. The first-order valence-electron chi connectivity index (χ1n) is 12.7. The Balaban J connectivity index is 1.59. The molecule has 1 aromatic carbocycles.